The van der Waals surface area contributed by atoms with Crippen molar-refractivity contribution in [2.24, 2.45) is 5.92 Å². The molecule has 28 heavy (non-hydrogen) atoms. The molecule has 5 nitrogen and oxygen atoms in total. The van der Waals surface area contributed by atoms with Crippen molar-refractivity contribution in [1.82, 2.24) is 9.80 Å². The Morgan fingerprint density at radius 3 is 2.25 bits per heavy atom. The summed E-state index contributed by atoms with van der Waals surface area (Å²) in [5, 5.41) is 0. The van der Waals surface area contributed by atoms with Gasteiger partial charge in [0.05, 0.1) is 18.6 Å². The molecule has 1 saturated carbocycles. The lowest BCUT2D eigenvalue weighted by Gasteiger charge is -2.54. The number of rotatable bonds is 6. The Kier molecular flexibility index (Phi) is 5.41. The molecule has 0 aromatic heterocycles. The van der Waals surface area contributed by atoms with Crippen LogP contribution in [0.1, 0.15) is 45.1 Å². The minimum Gasteiger partial charge on any atom is -0.497 e. The number of methoxy groups -OCH3 is 2. The topological polar surface area (TPSA) is 42.0 Å². The van der Waals surface area contributed by atoms with Gasteiger partial charge < -0.3 is 14.4 Å². The van der Waals surface area contributed by atoms with E-state index >= 15 is 0 Å². The van der Waals surface area contributed by atoms with Crippen molar-refractivity contribution in [3.05, 3.63) is 29.8 Å². The zero-order valence-electron chi connectivity index (χ0n) is 17.7. The third-order valence-electron chi connectivity index (χ3n) is 7.23. The van der Waals surface area contributed by atoms with E-state index in [2.05, 4.69) is 35.8 Å². The van der Waals surface area contributed by atoms with E-state index in [0.717, 1.165) is 56.6 Å². The third-order valence-corrected chi connectivity index (χ3v) is 7.23. The van der Waals surface area contributed by atoms with E-state index in [-0.39, 0.29) is 5.41 Å². The third kappa shape index (κ3) is 3.33. The standard InChI is InChI=1S/C23H34N2O3/c1-16(2)25-15-20(28-4)21(25)17-9-13-24(14-10-17)22(26)23(11-12-23)18-5-7-19(27-3)8-6-18/h5-8,16-17,20-21H,9-15H2,1-4H3/t20-,21-/m0/s1. The van der Waals surface area contributed by atoms with E-state index in [1.807, 2.05) is 19.2 Å². The Labute approximate surface area is 169 Å². The maximum absolute atomic E-state index is 13.3. The number of amides is 1. The molecule has 1 amide bonds. The van der Waals surface area contributed by atoms with Crippen LogP contribution in [0.2, 0.25) is 0 Å². The summed E-state index contributed by atoms with van der Waals surface area (Å²) < 4.78 is 11.0. The van der Waals surface area contributed by atoms with Crippen molar-refractivity contribution in [3.63, 3.8) is 0 Å². The minimum atomic E-state index is -0.283. The summed E-state index contributed by atoms with van der Waals surface area (Å²) in [7, 11) is 3.51. The molecule has 4 rings (SSSR count). The van der Waals surface area contributed by atoms with Crippen molar-refractivity contribution < 1.29 is 14.3 Å². The zero-order chi connectivity index (χ0) is 19.9. The van der Waals surface area contributed by atoms with Crippen molar-refractivity contribution in [3.8, 4) is 5.75 Å². The highest BCUT2D eigenvalue weighted by atomic mass is 16.5. The Balaban J connectivity index is 1.39. The zero-order valence-corrected chi connectivity index (χ0v) is 17.7. The second-order valence-corrected chi connectivity index (χ2v) is 9.00. The van der Waals surface area contributed by atoms with Gasteiger partial charge in [-0.1, -0.05) is 12.1 Å². The van der Waals surface area contributed by atoms with Gasteiger partial charge in [0.1, 0.15) is 5.75 Å². The first-order valence-corrected chi connectivity index (χ1v) is 10.7. The predicted octanol–water partition coefficient (Wildman–Crippen LogP) is 3.07. The van der Waals surface area contributed by atoms with Crippen LogP contribution in [0.25, 0.3) is 0 Å². The molecule has 2 aliphatic heterocycles. The fourth-order valence-corrected chi connectivity index (χ4v) is 5.26. The number of ether oxygens (including phenoxy) is 2. The monoisotopic (exact) mass is 386 g/mol. The largest absolute Gasteiger partial charge is 0.497 e. The van der Waals surface area contributed by atoms with Crippen LogP contribution < -0.4 is 4.74 Å². The van der Waals surface area contributed by atoms with E-state index < -0.39 is 0 Å². The van der Waals surface area contributed by atoms with Gasteiger partial charge in [-0.2, -0.15) is 0 Å². The Hall–Kier alpha value is -1.59. The fraction of sp³-hybridized carbons (Fsp3) is 0.696. The Morgan fingerprint density at radius 1 is 1.11 bits per heavy atom. The van der Waals surface area contributed by atoms with Crippen molar-refractivity contribution in [1.29, 1.82) is 0 Å². The molecule has 2 atom stereocenters. The normalized spacial score (nSPS) is 27.5. The van der Waals surface area contributed by atoms with Gasteiger partial charge in [-0.15, -0.1) is 0 Å². The molecular formula is C23H34N2O3. The number of hydrogen-bond donors (Lipinski definition) is 0. The molecule has 1 aromatic rings. The van der Waals surface area contributed by atoms with Crippen LogP contribution in [0, 0.1) is 5.92 Å². The van der Waals surface area contributed by atoms with Gasteiger partial charge >= 0.3 is 0 Å². The van der Waals surface area contributed by atoms with Gasteiger partial charge in [0.15, 0.2) is 0 Å². The molecule has 0 radical (unpaired) electrons. The summed E-state index contributed by atoms with van der Waals surface area (Å²) in [5.41, 5.74) is 0.860. The molecule has 0 spiro atoms. The summed E-state index contributed by atoms with van der Waals surface area (Å²) in [5.74, 6) is 1.80. The molecule has 0 N–H and O–H groups in total. The van der Waals surface area contributed by atoms with Crippen LogP contribution in [0.4, 0.5) is 0 Å². The van der Waals surface area contributed by atoms with E-state index in [1.165, 1.54) is 0 Å². The molecule has 5 heteroatoms. The lowest BCUT2D eigenvalue weighted by molar-refractivity contribution is -0.142. The first-order chi connectivity index (χ1) is 13.5. The molecule has 3 aliphatic rings. The lowest BCUT2D eigenvalue weighted by atomic mass is 9.79. The molecule has 2 saturated heterocycles. The number of nitrogens with zero attached hydrogens (tertiary/aromatic N) is 2. The summed E-state index contributed by atoms with van der Waals surface area (Å²) in [6.45, 7) is 7.32. The van der Waals surface area contributed by atoms with Gasteiger partial charge in [0.2, 0.25) is 5.91 Å². The number of benzene rings is 1. The number of hydrogen-bond acceptors (Lipinski definition) is 4. The van der Waals surface area contributed by atoms with Crippen LogP contribution in [-0.4, -0.2) is 67.7 Å². The lowest BCUT2D eigenvalue weighted by Crippen LogP contribution is -2.66. The van der Waals surface area contributed by atoms with E-state index in [1.54, 1.807) is 7.11 Å². The molecule has 154 valence electrons. The molecule has 3 fully saturated rings. The summed E-state index contributed by atoms with van der Waals surface area (Å²) in [6.07, 6.45) is 4.45. The summed E-state index contributed by atoms with van der Waals surface area (Å²) in [6, 6.07) is 9.14. The number of carbonyl (C=O) groups excluding carboxylic acids is 1. The maximum Gasteiger partial charge on any atom is 0.233 e. The van der Waals surface area contributed by atoms with E-state index in [4.69, 9.17) is 9.47 Å². The number of piperidine rings is 1. The van der Waals surface area contributed by atoms with Crippen molar-refractivity contribution >= 4 is 5.91 Å². The van der Waals surface area contributed by atoms with Crippen LogP contribution >= 0.6 is 0 Å². The quantitative estimate of drug-likeness (QED) is 0.754. The van der Waals surface area contributed by atoms with Crippen molar-refractivity contribution in [2.75, 3.05) is 33.9 Å². The molecule has 1 aliphatic carbocycles. The van der Waals surface area contributed by atoms with E-state index in [9.17, 15) is 4.79 Å². The SMILES string of the molecule is COc1ccc(C2(C(=O)N3CCC([C@H]4[C@@H](OC)CN4C(C)C)CC3)CC2)cc1. The highest BCUT2D eigenvalue weighted by molar-refractivity contribution is 5.91. The smallest absolute Gasteiger partial charge is 0.233 e. The number of carbonyl (C=O) groups is 1. The fourth-order valence-electron chi connectivity index (χ4n) is 5.26. The Morgan fingerprint density at radius 2 is 1.75 bits per heavy atom. The van der Waals surface area contributed by atoms with Gasteiger partial charge in [0.25, 0.3) is 0 Å². The average Bonchev–Trinajstić information content (AvgIpc) is 3.49. The molecule has 0 unspecified atom stereocenters. The summed E-state index contributed by atoms with van der Waals surface area (Å²) in [4.78, 5) is 18.0. The minimum absolute atomic E-state index is 0.283. The second kappa shape index (κ2) is 7.68. The molecule has 1 aromatic carbocycles. The van der Waals surface area contributed by atoms with Crippen molar-refractivity contribution in [2.45, 2.75) is 63.1 Å². The first kappa shape index (κ1) is 19.7. The van der Waals surface area contributed by atoms with Crippen LogP contribution in [0.3, 0.4) is 0 Å². The highest BCUT2D eigenvalue weighted by Gasteiger charge is 2.54. The van der Waals surface area contributed by atoms with Crippen LogP contribution in [-0.2, 0) is 14.9 Å². The predicted molar refractivity (Wildman–Crippen MR) is 110 cm³/mol. The summed E-state index contributed by atoms with van der Waals surface area (Å²) >= 11 is 0. The first-order valence-electron chi connectivity index (χ1n) is 10.7. The van der Waals surface area contributed by atoms with Gasteiger partial charge in [-0.25, -0.2) is 0 Å². The average molecular weight is 387 g/mol. The maximum atomic E-state index is 13.3. The Bertz CT molecular complexity index is 690. The van der Waals surface area contributed by atoms with Crippen LogP contribution in [0.15, 0.2) is 24.3 Å². The molecule has 2 heterocycles. The van der Waals surface area contributed by atoms with Gasteiger partial charge in [0, 0.05) is 38.8 Å². The molecule has 0 bridgehead atoms. The highest BCUT2D eigenvalue weighted by Crippen LogP contribution is 2.50. The van der Waals surface area contributed by atoms with E-state index in [0.29, 0.717) is 30.0 Å². The molecular weight excluding hydrogens is 352 g/mol. The number of likely N-dealkylation sites (tertiary alicyclic amines) is 2. The second-order valence-electron chi connectivity index (χ2n) is 9.00. The van der Waals surface area contributed by atoms with Gasteiger partial charge in [-0.05, 0) is 63.1 Å². The van der Waals surface area contributed by atoms with Crippen LogP contribution in [0.5, 0.6) is 5.75 Å². The van der Waals surface area contributed by atoms with Gasteiger partial charge in [-0.3, -0.25) is 9.69 Å².